The average molecular weight is 362 g/mol. The highest BCUT2D eigenvalue weighted by atomic mass is 16.5. The summed E-state index contributed by atoms with van der Waals surface area (Å²) >= 11 is 0. The molecular formula is C21H22N4O2. The van der Waals surface area contributed by atoms with Crippen LogP contribution in [0, 0.1) is 0 Å². The summed E-state index contributed by atoms with van der Waals surface area (Å²) in [6, 6.07) is 18.1. The summed E-state index contributed by atoms with van der Waals surface area (Å²) in [5.41, 5.74) is 2.22. The molecule has 0 bridgehead atoms. The molecule has 0 saturated carbocycles. The number of fused-ring (bicyclic) bond motifs is 1. The molecule has 0 saturated heterocycles. The first kappa shape index (κ1) is 17.3. The number of aromatic nitrogens is 3. The van der Waals surface area contributed by atoms with Crippen molar-refractivity contribution in [2.45, 2.75) is 31.8 Å². The second-order valence-electron chi connectivity index (χ2n) is 6.57. The smallest absolute Gasteiger partial charge is 0.231 e. The summed E-state index contributed by atoms with van der Waals surface area (Å²) < 4.78 is 7.13. The minimum absolute atomic E-state index is 0.000446. The van der Waals surface area contributed by atoms with Crippen LogP contribution < -0.4 is 9.64 Å². The molecular weight excluding hydrogens is 340 g/mol. The zero-order valence-corrected chi connectivity index (χ0v) is 15.4. The van der Waals surface area contributed by atoms with Crippen LogP contribution in [0.1, 0.15) is 43.0 Å². The van der Waals surface area contributed by atoms with Crippen molar-refractivity contribution in [2.75, 3.05) is 12.0 Å². The van der Waals surface area contributed by atoms with Crippen LogP contribution in [0.25, 0.3) is 0 Å². The Morgan fingerprint density at radius 3 is 2.44 bits per heavy atom. The van der Waals surface area contributed by atoms with E-state index in [0.29, 0.717) is 12.4 Å². The fourth-order valence-corrected chi connectivity index (χ4v) is 3.71. The third-order valence-electron chi connectivity index (χ3n) is 5.08. The van der Waals surface area contributed by atoms with E-state index in [2.05, 4.69) is 22.2 Å². The van der Waals surface area contributed by atoms with Crippen molar-refractivity contribution in [3.05, 3.63) is 72.1 Å². The second kappa shape index (κ2) is 7.23. The summed E-state index contributed by atoms with van der Waals surface area (Å²) in [6.07, 6.45) is 2.68. The van der Waals surface area contributed by atoms with Crippen LogP contribution in [0.3, 0.4) is 0 Å². The third-order valence-corrected chi connectivity index (χ3v) is 5.08. The molecule has 4 rings (SSSR count). The van der Waals surface area contributed by atoms with Crippen LogP contribution in [0.4, 0.5) is 5.95 Å². The molecule has 6 heteroatoms. The van der Waals surface area contributed by atoms with Crippen LogP contribution in [0.5, 0.6) is 5.75 Å². The first-order chi connectivity index (χ1) is 13.2. The largest absolute Gasteiger partial charge is 0.497 e. The Hall–Kier alpha value is -3.15. The predicted octanol–water partition coefficient (Wildman–Crippen LogP) is 3.76. The minimum Gasteiger partial charge on any atom is -0.497 e. The van der Waals surface area contributed by atoms with Gasteiger partial charge in [-0.3, -0.25) is 9.69 Å². The molecule has 1 aliphatic heterocycles. The molecule has 1 amide bonds. The summed E-state index contributed by atoms with van der Waals surface area (Å²) in [7, 11) is 1.66. The molecule has 2 aromatic carbocycles. The van der Waals surface area contributed by atoms with Gasteiger partial charge in [0.1, 0.15) is 12.1 Å². The lowest BCUT2D eigenvalue weighted by molar-refractivity contribution is -0.119. The Balaban J connectivity index is 1.81. The third kappa shape index (κ3) is 3.07. The van der Waals surface area contributed by atoms with Crippen LogP contribution in [0.2, 0.25) is 0 Å². The number of nitrogens with zero attached hydrogens (tertiary/aromatic N) is 4. The molecule has 138 valence electrons. The molecule has 6 nitrogen and oxygen atoms in total. The van der Waals surface area contributed by atoms with Crippen LogP contribution >= 0.6 is 0 Å². The minimum atomic E-state index is -0.0811. The normalized spacial score (nSPS) is 18.8. The van der Waals surface area contributed by atoms with Crippen molar-refractivity contribution >= 4 is 11.9 Å². The maximum Gasteiger partial charge on any atom is 0.231 e. The summed E-state index contributed by atoms with van der Waals surface area (Å²) in [6.45, 7) is 1.88. The summed E-state index contributed by atoms with van der Waals surface area (Å²) in [5.74, 6) is 1.46. The van der Waals surface area contributed by atoms with E-state index in [0.717, 1.165) is 23.3 Å². The van der Waals surface area contributed by atoms with Crippen molar-refractivity contribution in [2.24, 2.45) is 0 Å². The standard InChI is InChI=1S/C21H22N4O2/c1-3-20(26)24-18(15-7-5-4-6-8-15)13-19(25-21(24)22-14-23-25)16-9-11-17(27-2)12-10-16/h4-12,14,18-19H,3,13H2,1-2H3/t18-,19-/m0/s1. The van der Waals surface area contributed by atoms with E-state index in [1.54, 1.807) is 12.0 Å². The monoisotopic (exact) mass is 362 g/mol. The average Bonchev–Trinajstić information content (AvgIpc) is 3.22. The van der Waals surface area contributed by atoms with E-state index in [-0.39, 0.29) is 18.0 Å². The SMILES string of the molecule is CCC(=O)N1c2ncnn2[C@H](c2ccc(OC)cc2)C[C@H]1c1ccccc1. The van der Waals surface area contributed by atoms with Gasteiger partial charge in [0, 0.05) is 6.42 Å². The Morgan fingerprint density at radius 1 is 1.07 bits per heavy atom. The van der Waals surface area contributed by atoms with Gasteiger partial charge in [-0.2, -0.15) is 10.1 Å². The van der Waals surface area contributed by atoms with Crippen LogP contribution in [-0.4, -0.2) is 27.8 Å². The van der Waals surface area contributed by atoms with E-state index in [4.69, 9.17) is 4.74 Å². The fourth-order valence-electron chi connectivity index (χ4n) is 3.71. The quantitative estimate of drug-likeness (QED) is 0.709. The fraction of sp³-hybridized carbons (Fsp3) is 0.286. The van der Waals surface area contributed by atoms with E-state index < -0.39 is 0 Å². The number of methoxy groups -OCH3 is 1. The van der Waals surface area contributed by atoms with Gasteiger partial charge in [0.15, 0.2) is 0 Å². The highest BCUT2D eigenvalue weighted by Crippen LogP contribution is 2.42. The number of hydrogen-bond acceptors (Lipinski definition) is 4. The van der Waals surface area contributed by atoms with Crippen molar-refractivity contribution in [3.8, 4) is 5.75 Å². The van der Waals surface area contributed by atoms with E-state index in [9.17, 15) is 4.79 Å². The van der Waals surface area contributed by atoms with Crippen molar-refractivity contribution in [1.82, 2.24) is 14.8 Å². The Labute approximate surface area is 158 Å². The van der Waals surface area contributed by atoms with Crippen LogP contribution in [0.15, 0.2) is 60.9 Å². The zero-order valence-electron chi connectivity index (χ0n) is 15.4. The molecule has 2 atom stereocenters. The van der Waals surface area contributed by atoms with Gasteiger partial charge in [0.25, 0.3) is 0 Å². The van der Waals surface area contributed by atoms with Gasteiger partial charge >= 0.3 is 0 Å². The lowest BCUT2D eigenvalue weighted by atomic mass is 9.91. The number of rotatable bonds is 4. The molecule has 0 spiro atoms. The van der Waals surface area contributed by atoms with Crippen molar-refractivity contribution in [3.63, 3.8) is 0 Å². The van der Waals surface area contributed by atoms with Crippen LogP contribution in [-0.2, 0) is 4.79 Å². The van der Waals surface area contributed by atoms with Gasteiger partial charge in [0.2, 0.25) is 11.9 Å². The van der Waals surface area contributed by atoms with Gasteiger partial charge < -0.3 is 4.74 Å². The molecule has 27 heavy (non-hydrogen) atoms. The summed E-state index contributed by atoms with van der Waals surface area (Å²) in [4.78, 5) is 19.0. The zero-order chi connectivity index (χ0) is 18.8. The lowest BCUT2D eigenvalue weighted by Crippen LogP contribution is -2.42. The van der Waals surface area contributed by atoms with E-state index >= 15 is 0 Å². The molecule has 1 aliphatic rings. The molecule has 2 heterocycles. The highest BCUT2D eigenvalue weighted by Gasteiger charge is 2.38. The molecule has 0 fully saturated rings. The number of carbonyl (C=O) groups excluding carboxylic acids is 1. The molecule has 1 aromatic heterocycles. The van der Waals surface area contributed by atoms with Gasteiger partial charge in [-0.25, -0.2) is 4.68 Å². The van der Waals surface area contributed by atoms with Gasteiger partial charge in [-0.1, -0.05) is 49.4 Å². The number of hydrogen-bond donors (Lipinski definition) is 0. The van der Waals surface area contributed by atoms with Gasteiger partial charge in [-0.05, 0) is 29.7 Å². The number of ether oxygens (including phenoxy) is 1. The maximum atomic E-state index is 12.8. The maximum absolute atomic E-state index is 12.8. The molecule has 0 aliphatic carbocycles. The number of benzene rings is 2. The Morgan fingerprint density at radius 2 is 1.78 bits per heavy atom. The van der Waals surface area contributed by atoms with Gasteiger partial charge in [-0.15, -0.1) is 0 Å². The Bertz CT molecular complexity index is 921. The topological polar surface area (TPSA) is 60.2 Å². The molecule has 0 unspecified atom stereocenters. The highest BCUT2D eigenvalue weighted by molar-refractivity contribution is 5.92. The lowest BCUT2D eigenvalue weighted by Gasteiger charge is -2.39. The predicted molar refractivity (Wildman–Crippen MR) is 103 cm³/mol. The number of carbonyl (C=O) groups is 1. The Kier molecular flexibility index (Phi) is 4.62. The second-order valence-corrected chi connectivity index (χ2v) is 6.57. The first-order valence-electron chi connectivity index (χ1n) is 9.13. The van der Waals surface area contributed by atoms with E-state index in [1.807, 2.05) is 54.1 Å². The molecule has 0 N–H and O–H groups in total. The first-order valence-corrected chi connectivity index (χ1v) is 9.13. The molecule has 3 aromatic rings. The number of amides is 1. The van der Waals surface area contributed by atoms with Crippen molar-refractivity contribution < 1.29 is 9.53 Å². The molecule has 0 radical (unpaired) electrons. The van der Waals surface area contributed by atoms with Gasteiger partial charge in [0.05, 0.1) is 19.2 Å². The summed E-state index contributed by atoms with van der Waals surface area (Å²) in [5, 5.41) is 4.43. The van der Waals surface area contributed by atoms with Crippen molar-refractivity contribution in [1.29, 1.82) is 0 Å². The number of anilines is 1. The van der Waals surface area contributed by atoms with E-state index in [1.165, 1.54) is 6.33 Å².